The summed E-state index contributed by atoms with van der Waals surface area (Å²) in [6.45, 7) is 0. The monoisotopic (exact) mass is 339 g/mol. The second-order valence-corrected chi connectivity index (χ2v) is 5.87. The van der Waals surface area contributed by atoms with Gasteiger partial charge >= 0.3 is 0 Å². The van der Waals surface area contributed by atoms with E-state index in [1.165, 1.54) is 0 Å². The lowest BCUT2D eigenvalue weighted by molar-refractivity contribution is 0.603. The van der Waals surface area contributed by atoms with Crippen LogP contribution in [0.4, 0.5) is 26.2 Å². The summed E-state index contributed by atoms with van der Waals surface area (Å²) in [5.74, 6) is -0.258. The topological polar surface area (TPSA) is 62.7 Å². The first-order chi connectivity index (χ1) is 12.2. The van der Waals surface area contributed by atoms with E-state index in [-0.39, 0.29) is 5.69 Å². The molecule has 4 rings (SSSR count). The van der Waals surface area contributed by atoms with E-state index in [0.29, 0.717) is 23.5 Å². The highest BCUT2D eigenvalue weighted by Gasteiger charge is 2.22. The Morgan fingerprint density at radius 2 is 1.92 bits per heavy atom. The van der Waals surface area contributed by atoms with E-state index >= 15 is 0 Å². The average molecular weight is 339 g/mol. The summed E-state index contributed by atoms with van der Waals surface area (Å²) in [6, 6.07) is 8.97. The van der Waals surface area contributed by atoms with Crippen molar-refractivity contribution >= 4 is 17.5 Å². The average Bonchev–Trinajstić information content (AvgIpc) is 3.43. The van der Waals surface area contributed by atoms with Crippen molar-refractivity contribution in [1.29, 1.82) is 0 Å². The van der Waals surface area contributed by atoms with Gasteiger partial charge in [0.25, 0.3) is 0 Å². The molecule has 5 nitrogen and oxygen atoms in total. The van der Waals surface area contributed by atoms with Crippen molar-refractivity contribution in [2.45, 2.75) is 18.9 Å². The minimum atomic E-state index is -0.556. The van der Waals surface area contributed by atoms with E-state index in [9.17, 15) is 8.78 Å². The van der Waals surface area contributed by atoms with Crippen LogP contribution in [0.3, 0.4) is 0 Å². The van der Waals surface area contributed by atoms with Gasteiger partial charge < -0.3 is 10.6 Å². The second kappa shape index (κ2) is 6.43. The summed E-state index contributed by atoms with van der Waals surface area (Å²) in [6.07, 6.45) is 5.51. The lowest BCUT2D eigenvalue weighted by Gasteiger charge is -2.11. The molecule has 2 aromatic heterocycles. The molecule has 1 fully saturated rings. The van der Waals surface area contributed by atoms with Crippen molar-refractivity contribution in [2.75, 3.05) is 10.6 Å². The van der Waals surface area contributed by atoms with Crippen molar-refractivity contribution in [3.63, 3.8) is 0 Å². The fraction of sp³-hybridized carbons (Fsp3) is 0.167. The second-order valence-electron chi connectivity index (χ2n) is 5.87. The number of aromatic nitrogens is 3. The molecular formula is C18H15F2N5. The van der Waals surface area contributed by atoms with Gasteiger partial charge in [-0.15, -0.1) is 0 Å². The van der Waals surface area contributed by atoms with Gasteiger partial charge in [-0.05, 0) is 37.1 Å². The van der Waals surface area contributed by atoms with Crippen molar-refractivity contribution < 1.29 is 8.78 Å². The number of nitrogens with zero attached hydrogens (tertiary/aromatic N) is 3. The lowest BCUT2D eigenvalue weighted by atomic mass is 10.2. The quantitative estimate of drug-likeness (QED) is 0.732. The van der Waals surface area contributed by atoms with Gasteiger partial charge in [0.05, 0.1) is 11.4 Å². The van der Waals surface area contributed by atoms with Crippen LogP contribution in [-0.4, -0.2) is 21.0 Å². The van der Waals surface area contributed by atoms with E-state index in [2.05, 4.69) is 25.6 Å². The van der Waals surface area contributed by atoms with E-state index in [1.54, 1.807) is 18.5 Å². The van der Waals surface area contributed by atoms with Gasteiger partial charge in [0.15, 0.2) is 0 Å². The summed E-state index contributed by atoms with van der Waals surface area (Å²) in [7, 11) is 0. The van der Waals surface area contributed by atoms with Crippen LogP contribution in [0.5, 0.6) is 0 Å². The predicted octanol–water partition coefficient (Wildman–Crippen LogP) is 4.13. The molecule has 2 N–H and O–H groups in total. The predicted molar refractivity (Wildman–Crippen MR) is 91.5 cm³/mol. The molecule has 126 valence electrons. The molecule has 0 saturated heterocycles. The molecule has 7 heteroatoms. The Kier molecular flexibility index (Phi) is 3.97. The minimum Gasteiger partial charge on any atom is -0.351 e. The maximum Gasteiger partial charge on any atom is 0.225 e. The molecule has 1 aliphatic carbocycles. The molecule has 0 radical (unpaired) electrons. The van der Waals surface area contributed by atoms with Crippen molar-refractivity contribution in [2.24, 2.45) is 0 Å². The molecule has 0 aliphatic heterocycles. The van der Waals surface area contributed by atoms with Crippen LogP contribution in [-0.2, 0) is 0 Å². The van der Waals surface area contributed by atoms with Crippen LogP contribution in [0.1, 0.15) is 12.8 Å². The third-order valence-corrected chi connectivity index (χ3v) is 3.79. The van der Waals surface area contributed by atoms with Crippen molar-refractivity contribution in [1.82, 2.24) is 15.0 Å². The van der Waals surface area contributed by atoms with Gasteiger partial charge in [-0.3, -0.25) is 4.98 Å². The van der Waals surface area contributed by atoms with Crippen LogP contribution >= 0.6 is 0 Å². The Balaban J connectivity index is 1.71. The number of hydrogen-bond acceptors (Lipinski definition) is 5. The first-order valence-electron chi connectivity index (χ1n) is 7.95. The summed E-state index contributed by atoms with van der Waals surface area (Å²) in [5.41, 5.74) is 1.48. The first-order valence-corrected chi connectivity index (χ1v) is 7.95. The Hall–Kier alpha value is -3.09. The third-order valence-electron chi connectivity index (χ3n) is 3.79. The molecule has 1 saturated carbocycles. The highest BCUT2D eigenvalue weighted by atomic mass is 19.1. The Morgan fingerprint density at radius 3 is 2.68 bits per heavy atom. The van der Waals surface area contributed by atoms with Gasteiger partial charge in [0.1, 0.15) is 17.5 Å². The summed E-state index contributed by atoms with van der Waals surface area (Å²) in [4.78, 5) is 13.0. The molecule has 1 aliphatic rings. The molecule has 1 aromatic carbocycles. The zero-order valence-electron chi connectivity index (χ0n) is 13.2. The molecule has 2 heterocycles. The molecule has 0 spiro atoms. The van der Waals surface area contributed by atoms with Crippen LogP contribution in [0.2, 0.25) is 0 Å². The SMILES string of the molecule is Fc1ccc(F)c(Nc2cc(-c3cccnc3)nc(NC3CC3)n2)c1. The lowest BCUT2D eigenvalue weighted by Crippen LogP contribution is -2.08. The van der Waals surface area contributed by atoms with E-state index in [4.69, 9.17) is 0 Å². The fourth-order valence-corrected chi connectivity index (χ4v) is 2.38. The molecule has 0 bridgehead atoms. The van der Waals surface area contributed by atoms with Gasteiger partial charge in [-0.25, -0.2) is 13.8 Å². The largest absolute Gasteiger partial charge is 0.351 e. The Bertz CT molecular complexity index is 897. The zero-order chi connectivity index (χ0) is 17.2. The maximum atomic E-state index is 13.9. The van der Waals surface area contributed by atoms with E-state index in [0.717, 1.165) is 36.6 Å². The number of hydrogen-bond donors (Lipinski definition) is 2. The standard InChI is InChI=1S/C18H15F2N5/c19-12-3-6-14(20)16(8-12)23-17-9-15(11-2-1-7-21-10-11)24-18(25-17)22-13-4-5-13/h1-3,6-10,13H,4-5H2,(H2,22,23,24,25). The molecular weight excluding hydrogens is 324 g/mol. The van der Waals surface area contributed by atoms with Gasteiger partial charge in [0.2, 0.25) is 5.95 Å². The number of halogens is 2. The Morgan fingerprint density at radius 1 is 1.04 bits per heavy atom. The number of nitrogens with one attached hydrogen (secondary N) is 2. The number of anilines is 3. The molecule has 25 heavy (non-hydrogen) atoms. The zero-order valence-corrected chi connectivity index (χ0v) is 13.2. The molecule has 0 amide bonds. The van der Waals surface area contributed by atoms with Crippen LogP contribution in [0.25, 0.3) is 11.3 Å². The first kappa shape index (κ1) is 15.4. The Labute approximate surface area is 143 Å². The number of benzene rings is 1. The van der Waals surface area contributed by atoms with E-state index < -0.39 is 11.6 Å². The summed E-state index contributed by atoms with van der Waals surface area (Å²) in [5, 5.41) is 6.06. The molecule has 3 aromatic rings. The van der Waals surface area contributed by atoms with E-state index in [1.807, 2.05) is 12.1 Å². The van der Waals surface area contributed by atoms with Crippen LogP contribution < -0.4 is 10.6 Å². The summed E-state index contributed by atoms with van der Waals surface area (Å²) < 4.78 is 27.3. The van der Waals surface area contributed by atoms with Gasteiger partial charge in [-0.2, -0.15) is 4.98 Å². The number of pyridine rings is 1. The van der Waals surface area contributed by atoms with Crippen LogP contribution in [0.15, 0.2) is 48.8 Å². The molecule has 0 unspecified atom stereocenters. The van der Waals surface area contributed by atoms with Gasteiger partial charge in [0, 0.05) is 36.1 Å². The molecule has 0 atom stereocenters. The smallest absolute Gasteiger partial charge is 0.225 e. The minimum absolute atomic E-state index is 0.0215. The number of rotatable bonds is 5. The fourth-order valence-electron chi connectivity index (χ4n) is 2.38. The van der Waals surface area contributed by atoms with Crippen molar-refractivity contribution in [3.05, 3.63) is 60.4 Å². The summed E-state index contributed by atoms with van der Waals surface area (Å²) >= 11 is 0. The van der Waals surface area contributed by atoms with Crippen LogP contribution in [0, 0.1) is 11.6 Å². The maximum absolute atomic E-state index is 13.9. The normalized spacial score (nSPS) is 13.5. The highest BCUT2D eigenvalue weighted by molar-refractivity contribution is 5.67. The van der Waals surface area contributed by atoms with Crippen molar-refractivity contribution in [3.8, 4) is 11.3 Å². The van der Waals surface area contributed by atoms with Gasteiger partial charge in [-0.1, -0.05) is 0 Å². The highest BCUT2D eigenvalue weighted by Crippen LogP contribution is 2.28. The third kappa shape index (κ3) is 3.71.